The van der Waals surface area contributed by atoms with Crippen molar-refractivity contribution in [2.75, 3.05) is 13.1 Å². The molecule has 4 heteroatoms. The molecule has 0 saturated carbocycles. The smallest absolute Gasteiger partial charge is 0.0924 e. The Morgan fingerprint density at radius 1 is 1.36 bits per heavy atom. The number of benzene rings is 1. The van der Waals surface area contributed by atoms with Gasteiger partial charge in [-0.15, -0.1) is 0 Å². The molecular weight excluding hydrogens is 242 g/mol. The third-order valence-electron chi connectivity index (χ3n) is 2.74. The van der Waals surface area contributed by atoms with E-state index in [4.69, 9.17) is 0 Å². The van der Waals surface area contributed by atoms with Gasteiger partial charge < -0.3 is 5.32 Å². The summed E-state index contributed by atoms with van der Waals surface area (Å²) >= 11 is 3.48. The summed E-state index contributed by atoms with van der Waals surface area (Å²) < 4.78 is 1.11. The van der Waals surface area contributed by atoms with E-state index in [0.29, 0.717) is 5.92 Å². The number of nitrogens with zero attached hydrogens (tertiary/aromatic N) is 1. The Bertz CT molecular complexity index is 473. The second-order valence-electron chi connectivity index (χ2n) is 3.65. The summed E-state index contributed by atoms with van der Waals surface area (Å²) in [5, 5.41) is 11.9. The molecule has 1 aromatic carbocycles. The second kappa shape index (κ2) is 3.07. The van der Waals surface area contributed by atoms with E-state index in [1.54, 1.807) is 0 Å². The van der Waals surface area contributed by atoms with Gasteiger partial charge in [-0.25, -0.2) is 0 Å². The number of hydrogen-bond donors (Lipinski definition) is 2. The van der Waals surface area contributed by atoms with Crippen molar-refractivity contribution in [2.24, 2.45) is 0 Å². The molecule has 1 aromatic heterocycles. The molecule has 1 aliphatic rings. The Hall–Kier alpha value is -0.870. The largest absolute Gasteiger partial charge is 0.315 e. The number of H-pyrrole nitrogens is 1. The molecule has 1 fully saturated rings. The first kappa shape index (κ1) is 8.44. The molecule has 0 unspecified atom stereocenters. The van der Waals surface area contributed by atoms with E-state index in [9.17, 15) is 0 Å². The van der Waals surface area contributed by atoms with Crippen molar-refractivity contribution in [2.45, 2.75) is 5.92 Å². The van der Waals surface area contributed by atoms with E-state index in [1.165, 1.54) is 11.1 Å². The summed E-state index contributed by atoms with van der Waals surface area (Å²) in [6.45, 7) is 2.12. The van der Waals surface area contributed by atoms with Gasteiger partial charge in [-0.1, -0.05) is 15.9 Å². The van der Waals surface area contributed by atoms with Crippen LogP contribution < -0.4 is 5.32 Å². The van der Waals surface area contributed by atoms with Crippen molar-refractivity contribution >= 4 is 26.8 Å². The summed E-state index contributed by atoms with van der Waals surface area (Å²) in [7, 11) is 0. The molecular formula is C10H10BrN3. The van der Waals surface area contributed by atoms with Crippen LogP contribution in [-0.2, 0) is 0 Å². The first-order chi connectivity index (χ1) is 6.84. The van der Waals surface area contributed by atoms with Crippen LogP contribution in [0.5, 0.6) is 0 Å². The highest BCUT2D eigenvalue weighted by Gasteiger charge is 2.22. The topological polar surface area (TPSA) is 40.7 Å². The first-order valence-corrected chi connectivity index (χ1v) is 5.48. The van der Waals surface area contributed by atoms with Crippen LogP contribution in [0.15, 0.2) is 22.7 Å². The molecule has 0 spiro atoms. The van der Waals surface area contributed by atoms with Crippen LogP contribution in [0, 0.1) is 0 Å². The Morgan fingerprint density at radius 3 is 2.93 bits per heavy atom. The molecule has 2 N–H and O–H groups in total. The Kier molecular flexibility index (Phi) is 1.85. The van der Waals surface area contributed by atoms with Crippen LogP contribution in [0.3, 0.4) is 0 Å². The van der Waals surface area contributed by atoms with Gasteiger partial charge in [-0.3, -0.25) is 5.10 Å². The molecule has 3 nitrogen and oxygen atoms in total. The van der Waals surface area contributed by atoms with Crippen LogP contribution >= 0.6 is 15.9 Å². The lowest BCUT2D eigenvalue weighted by Crippen LogP contribution is -2.40. The van der Waals surface area contributed by atoms with E-state index < -0.39 is 0 Å². The van der Waals surface area contributed by atoms with Crippen LogP contribution in [0.25, 0.3) is 10.9 Å². The SMILES string of the molecule is Brc1ccc2n[nH]c(C3CNC3)c2c1. The predicted octanol–water partition coefficient (Wildman–Crippen LogP) is 2.01. The highest BCUT2D eigenvalue weighted by Crippen LogP contribution is 2.27. The quantitative estimate of drug-likeness (QED) is 0.815. The van der Waals surface area contributed by atoms with E-state index >= 15 is 0 Å². The maximum atomic E-state index is 4.29. The Morgan fingerprint density at radius 2 is 2.21 bits per heavy atom. The van der Waals surface area contributed by atoms with Crippen molar-refractivity contribution in [1.82, 2.24) is 15.5 Å². The predicted molar refractivity (Wildman–Crippen MR) is 59.4 cm³/mol. The minimum Gasteiger partial charge on any atom is -0.315 e. The minimum absolute atomic E-state index is 0.606. The van der Waals surface area contributed by atoms with E-state index in [-0.39, 0.29) is 0 Å². The number of aromatic nitrogens is 2. The minimum atomic E-state index is 0.606. The number of aromatic amines is 1. The van der Waals surface area contributed by atoms with Crippen LogP contribution in [0.1, 0.15) is 11.6 Å². The van der Waals surface area contributed by atoms with E-state index in [0.717, 1.165) is 23.1 Å². The zero-order valence-corrected chi connectivity index (χ0v) is 9.13. The number of nitrogens with one attached hydrogen (secondary N) is 2. The van der Waals surface area contributed by atoms with Gasteiger partial charge in [0.25, 0.3) is 0 Å². The Balaban J connectivity index is 2.18. The van der Waals surface area contributed by atoms with Crippen molar-refractivity contribution in [1.29, 1.82) is 0 Å². The highest BCUT2D eigenvalue weighted by atomic mass is 79.9. The van der Waals surface area contributed by atoms with Crippen molar-refractivity contribution < 1.29 is 0 Å². The zero-order chi connectivity index (χ0) is 9.54. The van der Waals surface area contributed by atoms with Crippen LogP contribution in [-0.4, -0.2) is 23.3 Å². The molecule has 2 heterocycles. The summed E-state index contributed by atoms with van der Waals surface area (Å²) in [5.41, 5.74) is 2.31. The average Bonchev–Trinajstić information content (AvgIpc) is 2.46. The van der Waals surface area contributed by atoms with Gasteiger partial charge in [0.15, 0.2) is 0 Å². The molecule has 2 aromatic rings. The van der Waals surface area contributed by atoms with Gasteiger partial charge in [-0.2, -0.15) is 5.10 Å². The fraction of sp³-hybridized carbons (Fsp3) is 0.300. The van der Waals surface area contributed by atoms with E-state index in [2.05, 4.69) is 37.5 Å². The van der Waals surface area contributed by atoms with Crippen LogP contribution in [0.2, 0.25) is 0 Å². The molecule has 0 bridgehead atoms. The maximum absolute atomic E-state index is 4.29. The fourth-order valence-electron chi connectivity index (χ4n) is 1.81. The monoisotopic (exact) mass is 251 g/mol. The van der Waals surface area contributed by atoms with Crippen LogP contribution in [0.4, 0.5) is 0 Å². The number of fused-ring (bicyclic) bond motifs is 1. The van der Waals surface area contributed by atoms with Crippen molar-refractivity contribution in [3.05, 3.63) is 28.4 Å². The first-order valence-electron chi connectivity index (χ1n) is 4.69. The fourth-order valence-corrected chi connectivity index (χ4v) is 2.17. The third-order valence-corrected chi connectivity index (χ3v) is 3.23. The van der Waals surface area contributed by atoms with Gasteiger partial charge in [-0.05, 0) is 18.2 Å². The van der Waals surface area contributed by atoms with Gasteiger partial charge in [0.1, 0.15) is 0 Å². The standard InChI is InChI=1S/C10H10BrN3/c11-7-1-2-9-8(3-7)10(14-13-9)6-4-12-5-6/h1-3,6,12H,4-5H2,(H,13,14). The molecule has 0 atom stereocenters. The summed E-state index contributed by atoms with van der Waals surface area (Å²) in [6, 6.07) is 6.18. The maximum Gasteiger partial charge on any atom is 0.0924 e. The van der Waals surface area contributed by atoms with Gasteiger partial charge in [0, 0.05) is 34.6 Å². The van der Waals surface area contributed by atoms with Gasteiger partial charge in [0.2, 0.25) is 0 Å². The van der Waals surface area contributed by atoms with E-state index in [1.807, 2.05) is 12.1 Å². The average molecular weight is 252 g/mol. The molecule has 72 valence electrons. The second-order valence-corrected chi connectivity index (χ2v) is 4.57. The van der Waals surface area contributed by atoms with Gasteiger partial charge in [0.05, 0.1) is 5.52 Å². The third kappa shape index (κ3) is 1.18. The molecule has 0 amide bonds. The zero-order valence-electron chi connectivity index (χ0n) is 7.55. The number of hydrogen-bond acceptors (Lipinski definition) is 2. The summed E-state index contributed by atoms with van der Waals surface area (Å²) in [4.78, 5) is 0. The Labute approximate surface area is 90.0 Å². The lowest BCUT2D eigenvalue weighted by atomic mass is 9.97. The van der Waals surface area contributed by atoms with Gasteiger partial charge >= 0.3 is 0 Å². The highest BCUT2D eigenvalue weighted by molar-refractivity contribution is 9.10. The molecule has 0 aliphatic carbocycles. The lowest BCUT2D eigenvalue weighted by Gasteiger charge is -2.26. The summed E-state index contributed by atoms with van der Waals surface area (Å²) in [5.74, 6) is 0.606. The summed E-state index contributed by atoms with van der Waals surface area (Å²) in [6.07, 6.45) is 0. The molecule has 14 heavy (non-hydrogen) atoms. The lowest BCUT2D eigenvalue weighted by molar-refractivity contribution is 0.441. The normalized spacial score (nSPS) is 17.2. The molecule has 1 saturated heterocycles. The molecule has 3 rings (SSSR count). The number of halogens is 1. The number of rotatable bonds is 1. The molecule has 1 aliphatic heterocycles. The van der Waals surface area contributed by atoms with Crippen molar-refractivity contribution in [3.63, 3.8) is 0 Å². The molecule has 0 radical (unpaired) electrons. The van der Waals surface area contributed by atoms with Crippen molar-refractivity contribution in [3.8, 4) is 0 Å².